The molecule has 4 heteroatoms. The minimum absolute atomic E-state index is 0.349. The zero-order valence-corrected chi connectivity index (χ0v) is 10.7. The highest BCUT2D eigenvalue weighted by molar-refractivity contribution is 5.38. The van der Waals surface area contributed by atoms with Gasteiger partial charge in [-0.3, -0.25) is 0 Å². The maximum absolute atomic E-state index is 5.46. The van der Waals surface area contributed by atoms with Crippen LogP contribution < -0.4 is 10.1 Å². The first-order valence-electron chi connectivity index (χ1n) is 6.39. The van der Waals surface area contributed by atoms with Crippen LogP contribution in [0.5, 0.6) is 5.88 Å². The van der Waals surface area contributed by atoms with Crippen molar-refractivity contribution in [3.05, 3.63) is 17.1 Å². The molecule has 1 fully saturated rings. The largest absolute Gasteiger partial charge is 0.481 e. The van der Waals surface area contributed by atoms with Gasteiger partial charge in [0, 0.05) is 24.4 Å². The van der Waals surface area contributed by atoms with E-state index < -0.39 is 0 Å². The van der Waals surface area contributed by atoms with E-state index in [0.717, 1.165) is 18.1 Å². The van der Waals surface area contributed by atoms with Crippen LogP contribution >= 0.6 is 0 Å². The van der Waals surface area contributed by atoms with Gasteiger partial charge < -0.3 is 10.1 Å². The van der Waals surface area contributed by atoms with Gasteiger partial charge in [-0.1, -0.05) is 13.8 Å². The first-order chi connectivity index (χ1) is 8.19. The molecule has 0 aromatic carbocycles. The Morgan fingerprint density at radius 1 is 1.29 bits per heavy atom. The zero-order valence-electron chi connectivity index (χ0n) is 10.7. The van der Waals surface area contributed by atoms with Gasteiger partial charge in [0.05, 0.1) is 18.4 Å². The molecule has 3 rings (SSSR count). The standard InChI is InChI=1S/C13H19N3O/c1-7(2)12-15-10-6-8-4-5-9(14-8)11(10)13(16-12)17-3/h7-9,14H,4-6H2,1-3H3. The van der Waals surface area contributed by atoms with Gasteiger partial charge in [0.2, 0.25) is 5.88 Å². The summed E-state index contributed by atoms with van der Waals surface area (Å²) in [6.07, 6.45) is 3.43. The number of hydrogen-bond donors (Lipinski definition) is 1. The highest BCUT2D eigenvalue weighted by atomic mass is 16.5. The van der Waals surface area contributed by atoms with E-state index in [0.29, 0.717) is 18.0 Å². The van der Waals surface area contributed by atoms with E-state index in [1.165, 1.54) is 24.1 Å². The Morgan fingerprint density at radius 3 is 2.82 bits per heavy atom. The van der Waals surface area contributed by atoms with Gasteiger partial charge in [-0.2, -0.15) is 4.98 Å². The van der Waals surface area contributed by atoms with Crippen molar-refractivity contribution in [3.63, 3.8) is 0 Å². The second-order valence-electron chi connectivity index (χ2n) is 5.30. The fourth-order valence-electron chi connectivity index (χ4n) is 2.87. The van der Waals surface area contributed by atoms with Crippen molar-refractivity contribution in [1.29, 1.82) is 0 Å². The number of nitrogens with one attached hydrogen (secondary N) is 1. The predicted molar refractivity (Wildman–Crippen MR) is 65.3 cm³/mol. The highest BCUT2D eigenvalue weighted by Gasteiger charge is 2.36. The van der Waals surface area contributed by atoms with E-state index in [9.17, 15) is 0 Å². The average Bonchev–Trinajstić information content (AvgIpc) is 2.70. The molecule has 1 aromatic heterocycles. The first kappa shape index (κ1) is 11.0. The lowest BCUT2D eigenvalue weighted by Gasteiger charge is -2.25. The number of methoxy groups -OCH3 is 1. The summed E-state index contributed by atoms with van der Waals surface area (Å²) in [5, 5.41) is 3.61. The third kappa shape index (κ3) is 1.71. The van der Waals surface area contributed by atoms with Crippen LogP contribution in [0.25, 0.3) is 0 Å². The van der Waals surface area contributed by atoms with Crippen molar-refractivity contribution in [1.82, 2.24) is 15.3 Å². The normalized spacial score (nSPS) is 26.1. The maximum Gasteiger partial charge on any atom is 0.221 e. The molecule has 2 atom stereocenters. The Labute approximate surface area is 102 Å². The van der Waals surface area contributed by atoms with Crippen LogP contribution in [0.4, 0.5) is 0 Å². The molecule has 4 nitrogen and oxygen atoms in total. The Kier molecular flexibility index (Phi) is 2.54. The topological polar surface area (TPSA) is 47.0 Å². The molecule has 0 amide bonds. The molecule has 0 aliphatic carbocycles. The molecular weight excluding hydrogens is 214 g/mol. The Hall–Kier alpha value is -1.16. The lowest BCUT2D eigenvalue weighted by Crippen LogP contribution is -2.33. The van der Waals surface area contributed by atoms with Crippen molar-refractivity contribution < 1.29 is 4.74 Å². The minimum Gasteiger partial charge on any atom is -0.481 e. The summed E-state index contributed by atoms with van der Waals surface area (Å²) < 4.78 is 5.46. The van der Waals surface area contributed by atoms with Crippen LogP contribution in [0, 0.1) is 0 Å². The summed E-state index contributed by atoms with van der Waals surface area (Å²) in [6.45, 7) is 4.24. The van der Waals surface area contributed by atoms with Gasteiger partial charge in [0.1, 0.15) is 5.82 Å². The summed E-state index contributed by atoms with van der Waals surface area (Å²) in [6, 6.07) is 1.01. The number of aromatic nitrogens is 2. The molecule has 0 saturated carbocycles. The monoisotopic (exact) mass is 233 g/mol. The lowest BCUT2D eigenvalue weighted by molar-refractivity contribution is 0.372. The Morgan fingerprint density at radius 2 is 2.12 bits per heavy atom. The third-order valence-electron chi connectivity index (χ3n) is 3.75. The molecular formula is C13H19N3O. The number of rotatable bonds is 2. The second kappa shape index (κ2) is 3.95. The highest BCUT2D eigenvalue weighted by Crippen LogP contribution is 2.39. The average molecular weight is 233 g/mol. The lowest BCUT2D eigenvalue weighted by atomic mass is 10.0. The van der Waals surface area contributed by atoms with E-state index in [4.69, 9.17) is 9.72 Å². The summed E-state index contributed by atoms with van der Waals surface area (Å²) in [5.41, 5.74) is 2.40. The molecule has 17 heavy (non-hydrogen) atoms. The van der Waals surface area contributed by atoms with Crippen molar-refractivity contribution in [2.24, 2.45) is 0 Å². The van der Waals surface area contributed by atoms with Crippen molar-refractivity contribution in [2.45, 2.75) is 51.1 Å². The predicted octanol–water partition coefficient (Wildman–Crippen LogP) is 1.96. The fraction of sp³-hybridized carbons (Fsp3) is 0.692. The quantitative estimate of drug-likeness (QED) is 0.848. The zero-order chi connectivity index (χ0) is 12.0. The van der Waals surface area contributed by atoms with Crippen molar-refractivity contribution >= 4 is 0 Å². The summed E-state index contributed by atoms with van der Waals surface area (Å²) in [7, 11) is 1.70. The number of ether oxygens (including phenoxy) is 1. The molecule has 2 aliphatic heterocycles. The molecule has 0 radical (unpaired) electrons. The number of nitrogens with zero attached hydrogens (tertiary/aromatic N) is 2. The smallest absolute Gasteiger partial charge is 0.221 e. The van der Waals surface area contributed by atoms with E-state index >= 15 is 0 Å². The summed E-state index contributed by atoms with van der Waals surface area (Å²) >= 11 is 0. The summed E-state index contributed by atoms with van der Waals surface area (Å²) in [5.74, 6) is 2.03. The molecule has 2 aliphatic rings. The number of fused-ring (bicyclic) bond motifs is 4. The molecule has 92 valence electrons. The van der Waals surface area contributed by atoms with E-state index in [2.05, 4.69) is 24.1 Å². The number of hydrogen-bond acceptors (Lipinski definition) is 4. The SMILES string of the molecule is COc1nc(C(C)C)nc2c1C1CCC(C2)N1. The minimum atomic E-state index is 0.349. The molecule has 1 N–H and O–H groups in total. The molecule has 1 saturated heterocycles. The van der Waals surface area contributed by atoms with E-state index in [-0.39, 0.29) is 0 Å². The van der Waals surface area contributed by atoms with E-state index in [1.807, 2.05) is 0 Å². The third-order valence-corrected chi connectivity index (χ3v) is 3.75. The van der Waals surface area contributed by atoms with Gasteiger partial charge in [-0.05, 0) is 12.8 Å². The molecule has 2 unspecified atom stereocenters. The Balaban J connectivity index is 2.12. The van der Waals surface area contributed by atoms with Gasteiger partial charge in [0.15, 0.2) is 0 Å². The Bertz CT molecular complexity index is 445. The van der Waals surface area contributed by atoms with Crippen LogP contribution in [-0.2, 0) is 6.42 Å². The van der Waals surface area contributed by atoms with Crippen molar-refractivity contribution in [3.8, 4) is 5.88 Å². The first-order valence-corrected chi connectivity index (χ1v) is 6.39. The maximum atomic E-state index is 5.46. The van der Waals surface area contributed by atoms with Gasteiger partial charge in [-0.25, -0.2) is 4.98 Å². The van der Waals surface area contributed by atoms with Crippen LogP contribution in [-0.4, -0.2) is 23.1 Å². The fourth-order valence-corrected chi connectivity index (χ4v) is 2.87. The molecule has 1 aromatic rings. The molecule has 2 bridgehead atoms. The van der Waals surface area contributed by atoms with Crippen LogP contribution in [0.2, 0.25) is 0 Å². The second-order valence-corrected chi connectivity index (χ2v) is 5.30. The van der Waals surface area contributed by atoms with Gasteiger partial charge in [0.25, 0.3) is 0 Å². The van der Waals surface area contributed by atoms with Gasteiger partial charge >= 0.3 is 0 Å². The summed E-state index contributed by atoms with van der Waals surface area (Å²) in [4.78, 5) is 9.28. The van der Waals surface area contributed by atoms with Crippen LogP contribution in [0.3, 0.4) is 0 Å². The van der Waals surface area contributed by atoms with E-state index in [1.54, 1.807) is 7.11 Å². The van der Waals surface area contributed by atoms with Crippen molar-refractivity contribution in [2.75, 3.05) is 7.11 Å². The van der Waals surface area contributed by atoms with Crippen LogP contribution in [0.1, 0.15) is 55.7 Å². The molecule has 0 spiro atoms. The van der Waals surface area contributed by atoms with Crippen LogP contribution in [0.15, 0.2) is 0 Å². The van der Waals surface area contributed by atoms with Gasteiger partial charge in [-0.15, -0.1) is 0 Å². The molecule has 3 heterocycles.